The van der Waals surface area contributed by atoms with Gasteiger partial charge in [0.2, 0.25) is 0 Å². The number of benzene rings is 1. The molecule has 2 aromatic heterocycles. The predicted octanol–water partition coefficient (Wildman–Crippen LogP) is 1.03. The van der Waals surface area contributed by atoms with E-state index >= 15 is 0 Å². The highest BCUT2D eigenvalue weighted by Gasteiger charge is 2.50. The van der Waals surface area contributed by atoms with Gasteiger partial charge < -0.3 is 33.6 Å². The van der Waals surface area contributed by atoms with Gasteiger partial charge in [-0.05, 0) is 34.7 Å². The number of anilines is 1. The van der Waals surface area contributed by atoms with Crippen LogP contribution in [0.4, 0.5) is 5.69 Å². The number of amides is 1. The van der Waals surface area contributed by atoms with Crippen molar-refractivity contribution >= 4 is 11.6 Å². The van der Waals surface area contributed by atoms with E-state index in [9.17, 15) is 4.79 Å². The van der Waals surface area contributed by atoms with E-state index in [0.717, 1.165) is 18.8 Å². The van der Waals surface area contributed by atoms with Gasteiger partial charge in [-0.25, -0.2) is 0 Å². The Hall–Kier alpha value is -3.48. The van der Waals surface area contributed by atoms with Crippen LogP contribution in [0.3, 0.4) is 0 Å². The zero-order valence-electron chi connectivity index (χ0n) is 18.3. The Morgan fingerprint density at radius 1 is 1.09 bits per heavy atom. The number of furan rings is 1. The van der Waals surface area contributed by atoms with Crippen LogP contribution in [0, 0.1) is 0 Å². The van der Waals surface area contributed by atoms with E-state index < -0.39 is 0 Å². The average Bonchev–Trinajstić information content (AvgIpc) is 3.66. The molecule has 3 fully saturated rings. The normalized spacial score (nSPS) is 26.4. The van der Waals surface area contributed by atoms with Crippen molar-refractivity contribution < 1.29 is 28.2 Å². The SMILES string of the molecule is O=C(N[C@H]1CO[C@H]2[C@@H]1OC[C@@H]2n1nnnc1Oc1cccc(N2CCOCC2)c1)c1ccco1. The smallest absolute Gasteiger partial charge is 0.341 e. The van der Waals surface area contributed by atoms with Crippen LogP contribution >= 0.6 is 0 Å². The molecule has 34 heavy (non-hydrogen) atoms. The number of carbonyl (C=O) groups is 1. The van der Waals surface area contributed by atoms with E-state index in [-0.39, 0.29) is 42.0 Å². The van der Waals surface area contributed by atoms with Crippen molar-refractivity contribution in [2.24, 2.45) is 0 Å². The Morgan fingerprint density at radius 3 is 2.82 bits per heavy atom. The van der Waals surface area contributed by atoms with Crippen molar-refractivity contribution in [1.82, 2.24) is 25.5 Å². The maximum absolute atomic E-state index is 12.4. The van der Waals surface area contributed by atoms with Gasteiger partial charge in [0.15, 0.2) is 5.76 Å². The van der Waals surface area contributed by atoms with Gasteiger partial charge in [0.05, 0.1) is 38.7 Å². The molecule has 0 unspecified atom stereocenters. The number of fused-ring (bicyclic) bond motifs is 1. The van der Waals surface area contributed by atoms with Gasteiger partial charge in [0.25, 0.3) is 5.91 Å². The molecule has 3 aliphatic heterocycles. The fourth-order valence-electron chi connectivity index (χ4n) is 4.59. The summed E-state index contributed by atoms with van der Waals surface area (Å²) in [7, 11) is 0. The summed E-state index contributed by atoms with van der Waals surface area (Å²) < 4.78 is 30.2. The Balaban J connectivity index is 1.14. The van der Waals surface area contributed by atoms with Crippen molar-refractivity contribution in [2.75, 3.05) is 44.4 Å². The molecule has 12 heteroatoms. The van der Waals surface area contributed by atoms with E-state index in [0.29, 0.717) is 32.2 Å². The highest BCUT2D eigenvalue weighted by atomic mass is 16.6. The standard InChI is InChI=1S/C22H24N6O6/c29-21(18-5-2-8-31-18)23-16-12-32-20-17(13-33-19(16)20)28-22(24-25-26-28)34-15-4-1-3-14(11-15)27-6-9-30-10-7-27/h1-5,8,11,16-17,19-20H,6-7,9-10,12-13H2,(H,23,29)/t16-,17-,19+,20+/m0/s1. The van der Waals surface area contributed by atoms with Crippen LogP contribution in [0.1, 0.15) is 16.6 Å². The van der Waals surface area contributed by atoms with Gasteiger partial charge in [0, 0.05) is 24.8 Å². The van der Waals surface area contributed by atoms with Gasteiger partial charge >= 0.3 is 6.01 Å². The lowest BCUT2D eigenvalue weighted by Crippen LogP contribution is -2.44. The maximum Gasteiger partial charge on any atom is 0.341 e. The number of hydrogen-bond donors (Lipinski definition) is 1. The van der Waals surface area contributed by atoms with Gasteiger partial charge in [-0.2, -0.15) is 4.68 Å². The molecule has 0 aliphatic carbocycles. The Labute approximate surface area is 194 Å². The van der Waals surface area contributed by atoms with E-state index in [1.807, 2.05) is 24.3 Å². The van der Waals surface area contributed by atoms with E-state index in [1.54, 1.807) is 16.8 Å². The zero-order chi connectivity index (χ0) is 22.9. The van der Waals surface area contributed by atoms with Gasteiger partial charge in [-0.1, -0.05) is 11.2 Å². The van der Waals surface area contributed by atoms with Gasteiger partial charge in [-0.3, -0.25) is 4.79 Å². The lowest BCUT2D eigenvalue weighted by atomic mass is 10.1. The fraction of sp³-hybridized carbons (Fsp3) is 0.455. The lowest BCUT2D eigenvalue weighted by Gasteiger charge is -2.29. The molecule has 1 amide bonds. The highest BCUT2D eigenvalue weighted by molar-refractivity contribution is 5.91. The zero-order valence-corrected chi connectivity index (χ0v) is 18.3. The summed E-state index contributed by atoms with van der Waals surface area (Å²) in [4.78, 5) is 14.6. The summed E-state index contributed by atoms with van der Waals surface area (Å²) in [5.74, 6) is 0.567. The first-order chi connectivity index (χ1) is 16.8. The van der Waals surface area contributed by atoms with Crippen molar-refractivity contribution in [3.05, 3.63) is 48.4 Å². The molecule has 0 bridgehead atoms. The molecule has 3 saturated heterocycles. The van der Waals surface area contributed by atoms with Crippen LogP contribution in [0.2, 0.25) is 0 Å². The van der Waals surface area contributed by atoms with Crippen LogP contribution in [-0.4, -0.2) is 83.9 Å². The number of nitrogens with zero attached hydrogens (tertiary/aromatic N) is 5. The predicted molar refractivity (Wildman–Crippen MR) is 116 cm³/mol. The average molecular weight is 468 g/mol. The summed E-state index contributed by atoms with van der Waals surface area (Å²) in [5.41, 5.74) is 1.05. The molecule has 5 heterocycles. The Morgan fingerprint density at radius 2 is 1.97 bits per heavy atom. The van der Waals surface area contributed by atoms with Crippen molar-refractivity contribution in [1.29, 1.82) is 0 Å². The second kappa shape index (κ2) is 9.05. The molecule has 4 atom stereocenters. The lowest BCUT2D eigenvalue weighted by molar-refractivity contribution is 0.0605. The Bertz CT molecular complexity index is 1130. The van der Waals surface area contributed by atoms with Crippen LogP contribution in [0.25, 0.3) is 0 Å². The van der Waals surface area contributed by atoms with Crippen molar-refractivity contribution in [3.8, 4) is 11.8 Å². The monoisotopic (exact) mass is 468 g/mol. The summed E-state index contributed by atoms with van der Waals surface area (Å²) in [6.45, 7) is 3.72. The Kier molecular flexibility index (Phi) is 5.61. The number of hydrogen-bond acceptors (Lipinski definition) is 10. The summed E-state index contributed by atoms with van der Waals surface area (Å²) in [5, 5.41) is 14.9. The second-order valence-corrected chi connectivity index (χ2v) is 8.33. The molecule has 1 aromatic carbocycles. The third kappa shape index (κ3) is 4.00. The molecule has 0 spiro atoms. The second-order valence-electron chi connectivity index (χ2n) is 8.33. The number of rotatable bonds is 6. The minimum atomic E-state index is -0.328. The van der Waals surface area contributed by atoms with Crippen LogP contribution in [0.15, 0.2) is 47.1 Å². The van der Waals surface area contributed by atoms with E-state index in [2.05, 4.69) is 25.7 Å². The van der Waals surface area contributed by atoms with Crippen LogP contribution in [-0.2, 0) is 14.2 Å². The molecule has 3 aliphatic rings. The summed E-state index contributed by atoms with van der Waals surface area (Å²) in [6.07, 6.45) is 0.805. The summed E-state index contributed by atoms with van der Waals surface area (Å²) in [6, 6.07) is 10.7. The first-order valence-electron chi connectivity index (χ1n) is 11.2. The first kappa shape index (κ1) is 21.1. The molecule has 6 rings (SSSR count). The van der Waals surface area contributed by atoms with E-state index in [1.165, 1.54) is 6.26 Å². The molecule has 0 saturated carbocycles. The van der Waals surface area contributed by atoms with Gasteiger partial charge in [0.1, 0.15) is 24.0 Å². The topological polar surface area (TPSA) is 126 Å². The van der Waals surface area contributed by atoms with Crippen molar-refractivity contribution in [3.63, 3.8) is 0 Å². The number of nitrogens with one attached hydrogen (secondary N) is 1. The quantitative estimate of drug-likeness (QED) is 0.561. The minimum Gasteiger partial charge on any atom is -0.459 e. The molecule has 0 radical (unpaired) electrons. The van der Waals surface area contributed by atoms with E-state index in [4.69, 9.17) is 23.4 Å². The maximum atomic E-state index is 12.4. The first-order valence-corrected chi connectivity index (χ1v) is 11.2. The largest absolute Gasteiger partial charge is 0.459 e. The van der Waals surface area contributed by atoms with Crippen LogP contribution < -0.4 is 15.0 Å². The third-order valence-corrected chi connectivity index (χ3v) is 6.27. The molecule has 1 N–H and O–H groups in total. The molecule has 12 nitrogen and oxygen atoms in total. The fourth-order valence-corrected chi connectivity index (χ4v) is 4.59. The number of carbonyl (C=O) groups excluding carboxylic acids is 1. The molecule has 3 aromatic rings. The number of aromatic nitrogens is 4. The molecular formula is C22H24N6O6. The highest BCUT2D eigenvalue weighted by Crippen LogP contribution is 2.36. The number of tetrazole rings is 1. The minimum absolute atomic E-state index is 0.244. The molecular weight excluding hydrogens is 444 g/mol. The molecule has 178 valence electrons. The van der Waals surface area contributed by atoms with Crippen LogP contribution in [0.5, 0.6) is 11.8 Å². The third-order valence-electron chi connectivity index (χ3n) is 6.27. The number of ether oxygens (including phenoxy) is 4. The van der Waals surface area contributed by atoms with Crippen molar-refractivity contribution in [2.45, 2.75) is 24.3 Å². The number of morpholine rings is 1. The van der Waals surface area contributed by atoms with Gasteiger partial charge in [-0.15, -0.1) is 0 Å². The summed E-state index contributed by atoms with van der Waals surface area (Å²) >= 11 is 0.